The van der Waals surface area contributed by atoms with Gasteiger partial charge in [-0.3, -0.25) is 14.5 Å². The number of rotatable bonds is 4. The summed E-state index contributed by atoms with van der Waals surface area (Å²) in [4.78, 5) is 25.1. The quantitative estimate of drug-likeness (QED) is 0.878. The average molecular weight is 294 g/mol. The molecule has 1 heterocycles. The Morgan fingerprint density at radius 1 is 1.00 bits per heavy atom. The second-order valence-electron chi connectivity index (χ2n) is 5.45. The minimum atomic E-state index is -0.239. The van der Waals surface area contributed by atoms with Gasteiger partial charge in [0, 0.05) is 12.7 Å². The normalized spacial score (nSPS) is 14.9. The zero-order valence-electron chi connectivity index (χ0n) is 12.7. The van der Waals surface area contributed by atoms with Gasteiger partial charge in [-0.1, -0.05) is 37.3 Å². The minimum absolute atomic E-state index is 0.171. The zero-order chi connectivity index (χ0) is 15.7. The van der Waals surface area contributed by atoms with Crippen LogP contribution in [0.2, 0.25) is 0 Å². The number of nitrogens with zero attached hydrogens (tertiary/aromatic N) is 1. The van der Waals surface area contributed by atoms with Gasteiger partial charge >= 0.3 is 0 Å². The van der Waals surface area contributed by atoms with Crippen molar-refractivity contribution in [3.05, 3.63) is 65.2 Å². The van der Waals surface area contributed by atoms with Gasteiger partial charge in [-0.25, -0.2) is 0 Å². The number of fused-ring (bicyclic) bond motifs is 1. The van der Waals surface area contributed by atoms with E-state index in [1.807, 2.05) is 24.3 Å². The third-order valence-corrected chi connectivity index (χ3v) is 4.04. The Morgan fingerprint density at radius 2 is 1.68 bits per heavy atom. The van der Waals surface area contributed by atoms with Crippen molar-refractivity contribution in [2.75, 3.05) is 12.4 Å². The highest BCUT2D eigenvalue weighted by atomic mass is 16.2. The molecule has 0 radical (unpaired) electrons. The molecule has 0 fully saturated rings. The smallest absolute Gasteiger partial charge is 0.261 e. The minimum Gasteiger partial charge on any atom is -0.378 e. The van der Waals surface area contributed by atoms with Crippen molar-refractivity contribution >= 4 is 17.5 Å². The first kappa shape index (κ1) is 14.3. The van der Waals surface area contributed by atoms with Crippen LogP contribution in [0, 0.1) is 0 Å². The van der Waals surface area contributed by atoms with E-state index in [0.717, 1.165) is 17.0 Å². The van der Waals surface area contributed by atoms with E-state index >= 15 is 0 Å². The highest BCUT2D eigenvalue weighted by Gasteiger charge is 2.32. The Kier molecular flexibility index (Phi) is 3.67. The van der Waals surface area contributed by atoms with Crippen molar-refractivity contribution in [1.82, 2.24) is 4.90 Å². The largest absolute Gasteiger partial charge is 0.378 e. The molecule has 4 nitrogen and oxygen atoms in total. The first-order valence-electron chi connectivity index (χ1n) is 7.39. The van der Waals surface area contributed by atoms with Crippen molar-refractivity contribution in [3.63, 3.8) is 0 Å². The van der Waals surface area contributed by atoms with Gasteiger partial charge in [0.05, 0.1) is 17.2 Å². The molecule has 0 aromatic heterocycles. The molecule has 0 spiro atoms. The van der Waals surface area contributed by atoms with Crippen LogP contribution >= 0.6 is 0 Å². The van der Waals surface area contributed by atoms with E-state index < -0.39 is 0 Å². The molecule has 4 heteroatoms. The fourth-order valence-corrected chi connectivity index (χ4v) is 2.76. The van der Waals surface area contributed by atoms with Crippen LogP contribution in [0.25, 0.3) is 0 Å². The lowest BCUT2D eigenvalue weighted by Crippen LogP contribution is -2.24. The van der Waals surface area contributed by atoms with Gasteiger partial charge in [-0.2, -0.15) is 0 Å². The molecule has 2 amide bonds. The molecule has 3 rings (SSSR count). The molecule has 0 saturated heterocycles. The Hall–Kier alpha value is -2.62. The summed E-state index contributed by atoms with van der Waals surface area (Å²) in [6.07, 6.45) is 0.924. The van der Waals surface area contributed by atoms with Crippen LogP contribution in [0.5, 0.6) is 0 Å². The number of imide groups is 1. The van der Waals surface area contributed by atoms with E-state index in [4.69, 9.17) is 0 Å². The highest BCUT2D eigenvalue weighted by Crippen LogP contribution is 2.28. The lowest BCUT2D eigenvalue weighted by molar-refractivity contribution is 0.0693. The molecule has 1 N–H and O–H groups in total. The van der Waals surface area contributed by atoms with Crippen molar-refractivity contribution in [1.29, 1.82) is 0 Å². The van der Waals surface area contributed by atoms with E-state index in [-0.39, 0.29) is 17.9 Å². The summed E-state index contributed by atoms with van der Waals surface area (Å²) in [7, 11) is 1.51. The highest BCUT2D eigenvalue weighted by molar-refractivity contribution is 6.21. The predicted octanol–water partition coefficient (Wildman–Crippen LogP) is 3.48. The van der Waals surface area contributed by atoms with Crippen LogP contribution in [0.4, 0.5) is 5.69 Å². The van der Waals surface area contributed by atoms with E-state index in [1.54, 1.807) is 12.1 Å². The molecular formula is C18H18N2O2. The fraction of sp³-hybridized carbons (Fsp3) is 0.222. The first-order valence-corrected chi connectivity index (χ1v) is 7.39. The van der Waals surface area contributed by atoms with Crippen LogP contribution in [-0.2, 0) is 0 Å². The molecular weight excluding hydrogens is 276 g/mol. The number of nitrogens with one attached hydrogen (secondary N) is 1. The van der Waals surface area contributed by atoms with E-state index in [1.165, 1.54) is 12.6 Å². The van der Waals surface area contributed by atoms with Crippen molar-refractivity contribution < 1.29 is 9.59 Å². The Labute approximate surface area is 129 Å². The summed E-state index contributed by atoms with van der Waals surface area (Å²) in [5.41, 5.74) is 3.00. The monoisotopic (exact) mass is 294 g/mol. The van der Waals surface area contributed by atoms with Gasteiger partial charge < -0.3 is 5.32 Å². The Balaban J connectivity index is 1.88. The van der Waals surface area contributed by atoms with E-state index in [0.29, 0.717) is 11.1 Å². The molecule has 2 aromatic carbocycles. The van der Waals surface area contributed by atoms with Gasteiger partial charge in [0.15, 0.2) is 0 Å². The standard InChI is InChI=1S/C18H18N2O2/c1-3-16(12-7-5-4-6-8-12)19-13-9-10-14-15(11-13)18(22)20(2)17(14)21/h4-11,16,19H,3H2,1-2H3. The summed E-state index contributed by atoms with van der Waals surface area (Å²) in [6, 6.07) is 15.7. The van der Waals surface area contributed by atoms with Crippen LogP contribution in [0.3, 0.4) is 0 Å². The molecule has 22 heavy (non-hydrogen) atoms. The van der Waals surface area contributed by atoms with Gasteiger partial charge in [0.1, 0.15) is 0 Å². The number of hydrogen-bond acceptors (Lipinski definition) is 3. The zero-order valence-corrected chi connectivity index (χ0v) is 12.7. The second kappa shape index (κ2) is 5.64. The maximum absolute atomic E-state index is 12.1. The van der Waals surface area contributed by atoms with Crippen LogP contribution in [-0.4, -0.2) is 23.8 Å². The predicted molar refractivity (Wildman–Crippen MR) is 86.0 cm³/mol. The van der Waals surface area contributed by atoms with Gasteiger partial charge in [-0.15, -0.1) is 0 Å². The number of anilines is 1. The van der Waals surface area contributed by atoms with Gasteiger partial charge in [0.2, 0.25) is 0 Å². The first-order chi connectivity index (χ1) is 10.6. The summed E-state index contributed by atoms with van der Waals surface area (Å²) in [5.74, 6) is -0.474. The number of carbonyl (C=O) groups excluding carboxylic acids is 2. The van der Waals surface area contributed by atoms with E-state index in [2.05, 4.69) is 24.4 Å². The summed E-state index contributed by atoms with van der Waals surface area (Å²) >= 11 is 0. The maximum atomic E-state index is 12.1. The Morgan fingerprint density at radius 3 is 2.36 bits per heavy atom. The van der Waals surface area contributed by atoms with Crippen molar-refractivity contribution in [2.24, 2.45) is 0 Å². The average Bonchev–Trinajstić information content (AvgIpc) is 2.78. The molecule has 1 aliphatic rings. The third-order valence-electron chi connectivity index (χ3n) is 4.04. The maximum Gasteiger partial charge on any atom is 0.261 e. The van der Waals surface area contributed by atoms with Crippen molar-refractivity contribution in [2.45, 2.75) is 19.4 Å². The Bertz CT molecular complexity index is 725. The van der Waals surface area contributed by atoms with E-state index in [9.17, 15) is 9.59 Å². The summed E-state index contributed by atoms with van der Waals surface area (Å²) in [6.45, 7) is 2.11. The molecule has 1 unspecified atom stereocenters. The van der Waals surface area contributed by atoms with Crippen LogP contribution < -0.4 is 5.32 Å². The van der Waals surface area contributed by atoms with Crippen LogP contribution in [0.15, 0.2) is 48.5 Å². The molecule has 2 aromatic rings. The number of hydrogen-bond donors (Lipinski definition) is 1. The molecule has 0 saturated carbocycles. The summed E-state index contributed by atoms with van der Waals surface area (Å²) in [5, 5.41) is 3.44. The second-order valence-corrected chi connectivity index (χ2v) is 5.45. The molecule has 0 aliphatic carbocycles. The fourth-order valence-electron chi connectivity index (χ4n) is 2.76. The SMILES string of the molecule is CCC(Nc1ccc2c(c1)C(=O)N(C)C2=O)c1ccccc1. The number of benzene rings is 2. The molecule has 0 bridgehead atoms. The lowest BCUT2D eigenvalue weighted by atomic mass is 10.0. The molecule has 1 aliphatic heterocycles. The number of carbonyl (C=O) groups is 2. The third kappa shape index (κ3) is 2.37. The lowest BCUT2D eigenvalue weighted by Gasteiger charge is -2.19. The number of amides is 2. The van der Waals surface area contributed by atoms with Crippen LogP contribution in [0.1, 0.15) is 45.7 Å². The molecule has 1 atom stereocenters. The van der Waals surface area contributed by atoms with Gasteiger partial charge in [-0.05, 0) is 30.2 Å². The van der Waals surface area contributed by atoms with Crippen molar-refractivity contribution in [3.8, 4) is 0 Å². The van der Waals surface area contributed by atoms with Gasteiger partial charge in [0.25, 0.3) is 11.8 Å². The molecule has 112 valence electrons. The topological polar surface area (TPSA) is 49.4 Å². The summed E-state index contributed by atoms with van der Waals surface area (Å²) < 4.78 is 0.